The summed E-state index contributed by atoms with van der Waals surface area (Å²) >= 11 is 1.13. The summed E-state index contributed by atoms with van der Waals surface area (Å²) in [5.41, 5.74) is 0.775. The number of para-hydroxylation sites is 1. The van der Waals surface area contributed by atoms with Crippen molar-refractivity contribution in [2.45, 2.75) is 0 Å². The molecule has 9 heteroatoms. The summed E-state index contributed by atoms with van der Waals surface area (Å²) in [5.74, 6) is 1.23. The molecule has 1 heterocycles. The molecule has 0 bridgehead atoms. The first kappa shape index (κ1) is 19.3. The fourth-order valence-corrected chi connectivity index (χ4v) is 3.68. The fraction of sp³-hybridized carbons (Fsp3) is 0.0476. The Morgan fingerprint density at radius 2 is 1.77 bits per heavy atom. The van der Waals surface area contributed by atoms with Crippen LogP contribution in [0.5, 0.6) is 17.2 Å². The van der Waals surface area contributed by atoms with Gasteiger partial charge in [0, 0.05) is 11.6 Å². The van der Waals surface area contributed by atoms with E-state index in [1.807, 2.05) is 30.3 Å². The predicted molar refractivity (Wildman–Crippen MR) is 114 cm³/mol. The number of anilines is 1. The van der Waals surface area contributed by atoms with Gasteiger partial charge in [0.25, 0.3) is 11.6 Å². The number of hydrogen-bond acceptors (Lipinski definition) is 7. The summed E-state index contributed by atoms with van der Waals surface area (Å²) in [4.78, 5) is 27.5. The van der Waals surface area contributed by atoms with Gasteiger partial charge in [0.2, 0.25) is 0 Å². The Balaban J connectivity index is 1.52. The van der Waals surface area contributed by atoms with Crippen molar-refractivity contribution in [1.82, 2.24) is 4.98 Å². The van der Waals surface area contributed by atoms with E-state index < -0.39 is 4.92 Å². The lowest BCUT2D eigenvalue weighted by Gasteiger charge is -2.06. The molecular weight excluding hydrogens is 406 g/mol. The molecule has 0 radical (unpaired) electrons. The van der Waals surface area contributed by atoms with Crippen molar-refractivity contribution in [2.75, 3.05) is 12.4 Å². The number of carbonyl (C=O) groups excluding carboxylic acids is 1. The number of methoxy groups -OCH3 is 1. The maximum atomic E-state index is 12.6. The SMILES string of the molecule is COc1cc([N+](=O)[O-])cc2sc(NC(=O)c3ccc(Oc4ccccc4)cc3)nc12. The van der Waals surface area contributed by atoms with Gasteiger partial charge in [-0.15, -0.1) is 0 Å². The Labute approximate surface area is 174 Å². The lowest BCUT2D eigenvalue weighted by atomic mass is 10.2. The third-order valence-electron chi connectivity index (χ3n) is 4.19. The molecule has 0 unspecified atom stereocenters. The summed E-state index contributed by atoms with van der Waals surface area (Å²) in [6, 6.07) is 18.7. The van der Waals surface area contributed by atoms with Crippen LogP contribution in [0.25, 0.3) is 10.2 Å². The number of rotatable bonds is 6. The molecule has 0 fully saturated rings. The Morgan fingerprint density at radius 1 is 1.07 bits per heavy atom. The second-order valence-corrected chi connectivity index (χ2v) is 7.20. The van der Waals surface area contributed by atoms with Crippen LogP contribution in [0.3, 0.4) is 0 Å². The van der Waals surface area contributed by atoms with Crippen molar-refractivity contribution in [2.24, 2.45) is 0 Å². The first-order valence-corrected chi connectivity index (χ1v) is 9.62. The molecule has 4 aromatic rings. The molecular formula is C21H15N3O5S. The maximum absolute atomic E-state index is 12.6. The molecule has 8 nitrogen and oxygen atoms in total. The molecule has 0 aliphatic heterocycles. The van der Waals surface area contributed by atoms with Gasteiger partial charge in [-0.3, -0.25) is 20.2 Å². The topological polar surface area (TPSA) is 104 Å². The van der Waals surface area contributed by atoms with E-state index in [1.54, 1.807) is 24.3 Å². The smallest absolute Gasteiger partial charge is 0.274 e. The monoisotopic (exact) mass is 421 g/mol. The Bertz CT molecular complexity index is 1220. The Kier molecular flexibility index (Phi) is 5.27. The number of aromatic nitrogens is 1. The minimum Gasteiger partial charge on any atom is -0.494 e. The largest absolute Gasteiger partial charge is 0.494 e. The third kappa shape index (κ3) is 4.06. The van der Waals surface area contributed by atoms with Gasteiger partial charge in [-0.25, -0.2) is 4.98 Å². The lowest BCUT2D eigenvalue weighted by Crippen LogP contribution is -2.11. The maximum Gasteiger partial charge on any atom is 0.274 e. The van der Waals surface area contributed by atoms with Crippen molar-refractivity contribution in [3.63, 3.8) is 0 Å². The number of carbonyl (C=O) groups is 1. The summed E-state index contributed by atoms with van der Waals surface area (Å²) in [6.45, 7) is 0. The van der Waals surface area contributed by atoms with Gasteiger partial charge in [-0.2, -0.15) is 0 Å². The predicted octanol–water partition coefficient (Wildman–Crippen LogP) is 5.26. The standard InChI is InChI=1S/C21H15N3O5S/c1-28-17-11-14(24(26)27)12-18-19(17)22-21(30-18)23-20(25)13-7-9-16(10-8-13)29-15-5-3-2-4-6-15/h2-12H,1H3,(H,22,23,25). The molecule has 150 valence electrons. The van der Waals surface area contributed by atoms with Crippen LogP contribution in [0.2, 0.25) is 0 Å². The number of nitrogens with zero attached hydrogens (tertiary/aromatic N) is 2. The first-order valence-electron chi connectivity index (χ1n) is 8.81. The number of benzene rings is 3. The van der Waals surface area contributed by atoms with Crippen LogP contribution in [0.15, 0.2) is 66.7 Å². The summed E-state index contributed by atoms with van der Waals surface area (Å²) in [5, 5.41) is 14.1. The molecule has 0 spiro atoms. The van der Waals surface area contributed by atoms with Gasteiger partial charge in [0.05, 0.1) is 22.8 Å². The van der Waals surface area contributed by atoms with Crippen LogP contribution in [-0.2, 0) is 0 Å². The number of non-ortho nitro benzene ring substituents is 1. The highest BCUT2D eigenvalue weighted by Crippen LogP contribution is 2.36. The number of thiazole rings is 1. The van der Waals surface area contributed by atoms with E-state index in [2.05, 4.69) is 10.3 Å². The molecule has 0 saturated heterocycles. The summed E-state index contributed by atoms with van der Waals surface area (Å²) in [6.07, 6.45) is 0. The average Bonchev–Trinajstić information content (AvgIpc) is 3.16. The van der Waals surface area contributed by atoms with Crippen LogP contribution in [0.4, 0.5) is 10.8 Å². The molecule has 0 aliphatic carbocycles. The first-order chi connectivity index (χ1) is 14.5. The van der Waals surface area contributed by atoms with Crippen molar-refractivity contribution in [1.29, 1.82) is 0 Å². The zero-order chi connectivity index (χ0) is 21.1. The van der Waals surface area contributed by atoms with Crippen LogP contribution in [0.1, 0.15) is 10.4 Å². The number of hydrogen-bond donors (Lipinski definition) is 1. The molecule has 3 aromatic carbocycles. The highest BCUT2D eigenvalue weighted by molar-refractivity contribution is 7.22. The number of nitrogens with one attached hydrogen (secondary N) is 1. The average molecular weight is 421 g/mol. The quantitative estimate of drug-likeness (QED) is 0.336. The van der Waals surface area contributed by atoms with E-state index in [-0.39, 0.29) is 17.3 Å². The molecule has 1 N–H and O–H groups in total. The van der Waals surface area contributed by atoms with Crippen molar-refractivity contribution >= 4 is 38.3 Å². The van der Waals surface area contributed by atoms with Gasteiger partial charge in [0.1, 0.15) is 17.0 Å². The van der Waals surface area contributed by atoms with E-state index >= 15 is 0 Å². The summed E-state index contributed by atoms with van der Waals surface area (Å²) < 4.78 is 11.5. The minimum absolute atomic E-state index is 0.102. The van der Waals surface area contributed by atoms with Crippen LogP contribution >= 0.6 is 11.3 Å². The molecule has 0 aliphatic rings. The second kappa shape index (κ2) is 8.18. The number of amides is 1. The zero-order valence-electron chi connectivity index (χ0n) is 15.7. The molecule has 0 saturated carbocycles. The van der Waals surface area contributed by atoms with Crippen molar-refractivity contribution < 1.29 is 19.2 Å². The molecule has 0 atom stereocenters. The van der Waals surface area contributed by atoms with Gasteiger partial charge in [0.15, 0.2) is 10.9 Å². The van der Waals surface area contributed by atoms with Gasteiger partial charge in [-0.1, -0.05) is 29.5 Å². The third-order valence-corrected chi connectivity index (χ3v) is 5.11. The van der Waals surface area contributed by atoms with Crippen molar-refractivity contribution in [3.05, 3.63) is 82.4 Å². The number of nitro benzene ring substituents is 1. The van der Waals surface area contributed by atoms with Gasteiger partial charge in [-0.05, 0) is 36.4 Å². The number of ether oxygens (including phenoxy) is 2. The minimum atomic E-state index is -0.501. The zero-order valence-corrected chi connectivity index (χ0v) is 16.5. The molecule has 30 heavy (non-hydrogen) atoms. The van der Waals surface area contributed by atoms with Gasteiger partial charge < -0.3 is 9.47 Å². The number of fused-ring (bicyclic) bond motifs is 1. The van der Waals surface area contributed by atoms with E-state index in [0.29, 0.717) is 32.4 Å². The van der Waals surface area contributed by atoms with E-state index in [0.717, 1.165) is 11.3 Å². The molecule has 1 amide bonds. The Hall–Kier alpha value is -3.98. The highest BCUT2D eigenvalue weighted by Gasteiger charge is 2.17. The lowest BCUT2D eigenvalue weighted by molar-refractivity contribution is -0.384. The van der Waals surface area contributed by atoms with Crippen LogP contribution < -0.4 is 14.8 Å². The highest BCUT2D eigenvalue weighted by atomic mass is 32.1. The van der Waals surface area contributed by atoms with E-state index in [1.165, 1.54) is 19.2 Å². The molecule has 1 aromatic heterocycles. The Morgan fingerprint density at radius 3 is 2.43 bits per heavy atom. The second-order valence-electron chi connectivity index (χ2n) is 6.16. The van der Waals surface area contributed by atoms with Crippen LogP contribution in [0, 0.1) is 10.1 Å². The summed E-state index contributed by atoms with van der Waals surface area (Å²) in [7, 11) is 1.41. The fourth-order valence-electron chi connectivity index (χ4n) is 2.77. The van der Waals surface area contributed by atoms with Crippen molar-refractivity contribution in [3.8, 4) is 17.2 Å². The van der Waals surface area contributed by atoms with Crippen LogP contribution in [-0.4, -0.2) is 22.9 Å². The molecule has 4 rings (SSSR count). The number of nitro groups is 1. The van der Waals surface area contributed by atoms with E-state index in [4.69, 9.17) is 9.47 Å². The van der Waals surface area contributed by atoms with E-state index in [9.17, 15) is 14.9 Å². The normalized spacial score (nSPS) is 10.6. The van der Waals surface area contributed by atoms with Gasteiger partial charge >= 0.3 is 0 Å².